The van der Waals surface area contributed by atoms with Gasteiger partial charge in [0.25, 0.3) is 0 Å². The maximum atomic E-state index is 12.6. The molecule has 6 nitrogen and oxygen atoms in total. The van der Waals surface area contributed by atoms with Crippen LogP contribution in [-0.4, -0.2) is 58.9 Å². The monoisotopic (exact) mass is 485 g/mol. The van der Waals surface area contributed by atoms with Crippen molar-refractivity contribution in [2.75, 3.05) is 20.1 Å². The van der Waals surface area contributed by atoms with Crippen LogP contribution in [0.2, 0.25) is 0 Å². The lowest BCUT2D eigenvalue weighted by atomic mass is 9.82. The van der Waals surface area contributed by atoms with Gasteiger partial charge in [0.15, 0.2) is 5.96 Å². The molecule has 4 rings (SSSR count). The number of hydrogen-bond donors (Lipinski definition) is 1. The molecule has 0 aromatic carbocycles. The summed E-state index contributed by atoms with van der Waals surface area (Å²) >= 11 is 0. The van der Waals surface area contributed by atoms with Crippen molar-refractivity contribution in [3.63, 3.8) is 0 Å². The van der Waals surface area contributed by atoms with Crippen LogP contribution in [0.3, 0.4) is 0 Å². The Kier molecular flexibility index (Phi) is 5.71. The quantitative estimate of drug-likeness (QED) is 0.406. The number of nitrogens with one attached hydrogen (secondary N) is 1. The first-order valence-electron chi connectivity index (χ1n) is 8.62. The van der Waals surface area contributed by atoms with Crippen LogP contribution in [0.25, 0.3) is 0 Å². The summed E-state index contributed by atoms with van der Waals surface area (Å²) < 4.78 is 44.9. The van der Waals surface area contributed by atoms with Crippen LogP contribution in [0.5, 0.6) is 0 Å². The molecule has 4 unspecified atom stereocenters. The fraction of sp³-hybridized carbons (Fsp3) is 0.750. The van der Waals surface area contributed by atoms with Gasteiger partial charge in [-0.3, -0.25) is 4.99 Å². The minimum atomic E-state index is -4.26. The molecule has 4 heterocycles. The highest BCUT2D eigenvalue weighted by atomic mass is 127. The Morgan fingerprint density at radius 1 is 1.31 bits per heavy atom. The SMILES string of the molecule is CN=C(NCc1nccn1CC(F)(F)F)N1CC2C3CCC(O3)C2C1.I. The van der Waals surface area contributed by atoms with Crippen LogP contribution in [0.15, 0.2) is 17.4 Å². The summed E-state index contributed by atoms with van der Waals surface area (Å²) in [5.74, 6) is 2.16. The second kappa shape index (κ2) is 7.53. The van der Waals surface area contributed by atoms with E-state index in [1.165, 1.54) is 12.4 Å². The van der Waals surface area contributed by atoms with Crippen LogP contribution in [0, 0.1) is 11.8 Å². The molecule has 1 aromatic heterocycles. The molecule has 3 aliphatic rings. The van der Waals surface area contributed by atoms with E-state index in [4.69, 9.17) is 4.74 Å². The largest absolute Gasteiger partial charge is 0.406 e. The van der Waals surface area contributed by atoms with Crippen molar-refractivity contribution in [2.24, 2.45) is 16.8 Å². The number of aliphatic imine (C=N–C) groups is 1. The van der Waals surface area contributed by atoms with Gasteiger partial charge in [-0.2, -0.15) is 13.2 Å². The van der Waals surface area contributed by atoms with Gasteiger partial charge in [0, 0.05) is 44.4 Å². The summed E-state index contributed by atoms with van der Waals surface area (Å²) in [5, 5.41) is 3.16. The second-order valence-corrected chi connectivity index (χ2v) is 7.01. The Hall–Kier alpha value is -1.04. The first-order chi connectivity index (χ1) is 11.9. The highest BCUT2D eigenvalue weighted by molar-refractivity contribution is 14.0. The van der Waals surface area contributed by atoms with Gasteiger partial charge in [0.2, 0.25) is 0 Å². The van der Waals surface area contributed by atoms with E-state index in [0.29, 0.717) is 29.9 Å². The Morgan fingerprint density at radius 2 is 1.96 bits per heavy atom. The number of alkyl halides is 3. The normalized spacial score (nSPS) is 30.5. The van der Waals surface area contributed by atoms with Gasteiger partial charge in [-0.05, 0) is 12.8 Å². The standard InChI is InChI=1S/C16H22F3N5O.HI/c1-20-15(22-6-14-21-4-5-23(14)9-16(17,18)19)24-7-10-11(8-24)13-3-2-12(10)25-13;/h4-5,10-13H,2-3,6-9H2,1H3,(H,20,22);1H. The Bertz CT molecular complexity index is 647. The Morgan fingerprint density at radius 3 is 2.54 bits per heavy atom. The predicted molar refractivity (Wildman–Crippen MR) is 100 cm³/mol. The number of halogens is 4. The molecule has 26 heavy (non-hydrogen) atoms. The minimum Gasteiger partial charge on any atom is -0.374 e. The summed E-state index contributed by atoms with van der Waals surface area (Å²) in [4.78, 5) is 10.5. The molecular formula is C16H23F3IN5O. The maximum absolute atomic E-state index is 12.6. The van der Waals surface area contributed by atoms with Crippen molar-refractivity contribution in [1.82, 2.24) is 19.8 Å². The lowest BCUT2D eigenvalue weighted by Gasteiger charge is -2.23. The topological polar surface area (TPSA) is 54.7 Å². The van der Waals surface area contributed by atoms with E-state index < -0.39 is 12.7 Å². The molecule has 3 aliphatic heterocycles. The molecule has 2 bridgehead atoms. The van der Waals surface area contributed by atoms with Crippen molar-refractivity contribution in [3.05, 3.63) is 18.2 Å². The van der Waals surface area contributed by atoms with Crippen LogP contribution >= 0.6 is 24.0 Å². The summed E-state index contributed by atoms with van der Waals surface area (Å²) in [5.41, 5.74) is 0. The zero-order chi connectivity index (χ0) is 17.6. The first kappa shape index (κ1) is 19.7. The van der Waals surface area contributed by atoms with Crippen molar-refractivity contribution in [2.45, 2.75) is 44.3 Å². The van der Waals surface area contributed by atoms with Gasteiger partial charge < -0.3 is 19.5 Å². The van der Waals surface area contributed by atoms with Gasteiger partial charge in [0.1, 0.15) is 12.4 Å². The van der Waals surface area contributed by atoms with Crippen molar-refractivity contribution in [1.29, 1.82) is 0 Å². The highest BCUT2D eigenvalue weighted by Crippen LogP contribution is 2.47. The van der Waals surface area contributed by atoms with E-state index in [2.05, 4.69) is 20.2 Å². The Balaban J connectivity index is 0.00000196. The third kappa shape index (κ3) is 3.80. The van der Waals surface area contributed by atoms with Crippen LogP contribution in [0.1, 0.15) is 18.7 Å². The number of guanidine groups is 1. The van der Waals surface area contributed by atoms with Gasteiger partial charge in [-0.1, -0.05) is 0 Å². The number of ether oxygens (including phenoxy) is 1. The molecule has 0 radical (unpaired) electrons. The molecule has 0 spiro atoms. The average molecular weight is 485 g/mol. The van der Waals surface area contributed by atoms with Gasteiger partial charge in [0.05, 0.1) is 18.8 Å². The molecule has 10 heteroatoms. The zero-order valence-corrected chi connectivity index (χ0v) is 16.8. The summed E-state index contributed by atoms with van der Waals surface area (Å²) in [6.07, 6.45) is 1.49. The van der Waals surface area contributed by atoms with Crippen molar-refractivity contribution >= 4 is 29.9 Å². The zero-order valence-electron chi connectivity index (χ0n) is 14.4. The van der Waals surface area contributed by atoms with Crippen molar-refractivity contribution in [3.8, 4) is 0 Å². The molecule has 146 valence electrons. The molecule has 1 N–H and O–H groups in total. The van der Waals surface area contributed by atoms with E-state index in [1.807, 2.05) is 0 Å². The second-order valence-electron chi connectivity index (χ2n) is 7.01. The fourth-order valence-corrected chi connectivity index (χ4v) is 4.47. The van der Waals surface area contributed by atoms with E-state index in [0.717, 1.165) is 36.5 Å². The molecule has 3 fully saturated rings. The van der Waals surface area contributed by atoms with Crippen LogP contribution < -0.4 is 5.32 Å². The molecule has 0 aliphatic carbocycles. The summed E-state index contributed by atoms with van der Waals surface area (Å²) in [6.45, 7) is 0.965. The third-order valence-electron chi connectivity index (χ3n) is 5.52. The average Bonchev–Trinajstić information content (AvgIpc) is 3.28. The van der Waals surface area contributed by atoms with E-state index in [1.54, 1.807) is 7.05 Å². The molecular weight excluding hydrogens is 462 g/mol. The van der Waals surface area contributed by atoms with E-state index in [-0.39, 0.29) is 30.5 Å². The summed E-state index contributed by atoms with van der Waals surface area (Å²) in [6, 6.07) is 0. The third-order valence-corrected chi connectivity index (χ3v) is 5.52. The number of fused-ring (bicyclic) bond motifs is 5. The molecule has 3 saturated heterocycles. The number of aromatic nitrogens is 2. The van der Waals surface area contributed by atoms with Crippen LogP contribution in [-0.2, 0) is 17.8 Å². The number of nitrogens with zero attached hydrogens (tertiary/aromatic N) is 4. The smallest absolute Gasteiger partial charge is 0.374 e. The van der Waals surface area contributed by atoms with Crippen LogP contribution in [0.4, 0.5) is 13.2 Å². The molecule has 0 saturated carbocycles. The van der Waals surface area contributed by atoms with Gasteiger partial charge in [-0.15, -0.1) is 24.0 Å². The molecule has 0 amide bonds. The van der Waals surface area contributed by atoms with Crippen molar-refractivity contribution < 1.29 is 17.9 Å². The number of rotatable bonds is 3. The van der Waals surface area contributed by atoms with Gasteiger partial charge in [-0.25, -0.2) is 4.98 Å². The molecule has 4 atom stereocenters. The first-order valence-corrected chi connectivity index (χ1v) is 8.62. The maximum Gasteiger partial charge on any atom is 0.406 e. The number of hydrogen-bond acceptors (Lipinski definition) is 3. The highest BCUT2D eigenvalue weighted by Gasteiger charge is 2.53. The molecule has 1 aromatic rings. The lowest BCUT2D eigenvalue weighted by Crippen LogP contribution is -2.41. The van der Waals surface area contributed by atoms with E-state index >= 15 is 0 Å². The van der Waals surface area contributed by atoms with Gasteiger partial charge >= 0.3 is 6.18 Å². The Labute approximate surface area is 167 Å². The predicted octanol–water partition coefficient (Wildman–Crippen LogP) is 2.25. The summed E-state index contributed by atoms with van der Waals surface area (Å²) in [7, 11) is 1.70. The number of imidazole rings is 1. The number of likely N-dealkylation sites (tertiary alicyclic amines) is 1. The van der Waals surface area contributed by atoms with E-state index in [9.17, 15) is 13.2 Å². The minimum absolute atomic E-state index is 0. The lowest BCUT2D eigenvalue weighted by molar-refractivity contribution is -0.141. The fourth-order valence-electron chi connectivity index (χ4n) is 4.47.